The van der Waals surface area contributed by atoms with E-state index in [0.29, 0.717) is 44.3 Å². The first-order valence-electron chi connectivity index (χ1n) is 9.08. The van der Waals surface area contributed by atoms with Crippen LogP contribution in [0.15, 0.2) is 30.3 Å². The van der Waals surface area contributed by atoms with Crippen molar-refractivity contribution in [1.82, 2.24) is 5.32 Å². The van der Waals surface area contributed by atoms with Gasteiger partial charge in [0.2, 0.25) is 5.75 Å². The third-order valence-electron chi connectivity index (χ3n) is 5.19. The number of carbonyl (C=O) groups is 1. The topological polar surface area (TPSA) is 86.3 Å². The number of hydrogen-bond acceptors (Lipinski definition) is 6. The molecule has 148 valence electrons. The molecule has 2 aromatic carbocycles. The number of aromatic hydroxyl groups is 1. The number of nitrogens with one attached hydrogen (secondary N) is 1. The van der Waals surface area contributed by atoms with Crippen LogP contribution in [0, 0.1) is 5.41 Å². The normalized spacial score (nSPS) is 16.9. The van der Waals surface area contributed by atoms with Crippen molar-refractivity contribution in [2.75, 3.05) is 40.6 Å². The number of amides is 1. The van der Waals surface area contributed by atoms with Crippen molar-refractivity contribution in [3.8, 4) is 28.4 Å². The van der Waals surface area contributed by atoms with E-state index >= 15 is 0 Å². The van der Waals surface area contributed by atoms with Gasteiger partial charge in [-0.25, -0.2) is 0 Å². The zero-order chi connectivity index (χ0) is 19.7. The van der Waals surface area contributed by atoms with Crippen LogP contribution in [-0.4, -0.2) is 51.7 Å². The molecule has 7 nitrogen and oxygen atoms in total. The lowest BCUT2D eigenvalue weighted by Gasteiger charge is -2.40. The van der Waals surface area contributed by atoms with E-state index in [1.807, 2.05) is 18.2 Å². The summed E-state index contributed by atoms with van der Waals surface area (Å²) in [4.78, 5) is 11.8. The predicted octanol–water partition coefficient (Wildman–Crippen LogP) is 2.35. The molecule has 2 aromatic rings. The zero-order valence-corrected chi connectivity index (χ0v) is 15.9. The number of benzene rings is 2. The van der Waals surface area contributed by atoms with E-state index in [0.717, 1.165) is 16.7 Å². The first-order valence-corrected chi connectivity index (χ1v) is 9.08. The van der Waals surface area contributed by atoms with E-state index in [1.165, 1.54) is 7.11 Å². The molecule has 0 aromatic heterocycles. The molecule has 0 saturated carbocycles. The van der Waals surface area contributed by atoms with E-state index in [4.69, 9.17) is 18.9 Å². The molecule has 2 N–H and O–H groups in total. The van der Waals surface area contributed by atoms with Gasteiger partial charge in [0.15, 0.2) is 11.5 Å². The molecular weight excluding hydrogens is 362 g/mol. The lowest BCUT2D eigenvalue weighted by atomic mass is 9.88. The number of rotatable bonds is 7. The summed E-state index contributed by atoms with van der Waals surface area (Å²) < 4.78 is 22.3. The standard InChI is InChI=1S/C21H23NO6/c1-25-9-21(10-27-11-21)12-28-18-15(5-6-17(23)19(18)26-2)13-3-4-16-14(7-13)8-22-20(16)24/h3-7,23H,8-12H2,1-2H3,(H,22,24). The van der Waals surface area contributed by atoms with Crippen molar-refractivity contribution in [3.63, 3.8) is 0 Å². The highest BCUT2D eigenvalue weighted by atomic mass is 16.5. The number of carbonyl (C=O) groups excluding carboxylic acids is 1. The third-order valence-corrected chi connectivity index (χ3v) is 5.19. The van der Waals surface area contributed by atoms with Gasteiger partial charge in [0.05, 0.1) is 32.3 Å². The Morgan fingerprint density at radius 1 is 1.11 bits per heavy atom. The Balaban J connectivity index is 1.71. The average molecular weight is 385 g/mol. The zero-order valence-electron chi connectivity index (χ0n) is 15.9. The largest absolute Gasteiger partial charge is 0.504 e. The Kier molecular flexibility index (Phi) is 4.87. The van der Waals surface area contributed by atoms with Crippen LogP contribution >= 0.6 is 0 Å². The second kappa shape index (κ2) is 7.33. The Morgan fingerprint density at radius 3 is 2.57 bits per heavy atom. The molecule has 1 fully saturated rings. The average Bonchev–Trinajstić information content (AvgIpc) is 3.04. The van der Waals surface area contributed by atoms with Gasteiger partial charge in [-0.15, -0.1) is 0 Å². The van der Waals surface area contributed by atoms with Crippen LogP contribution in [0.25, 0.3) is 11.1 Å². The second-order valence-electron chi connectivity index (χ2n) is 7.26. The summed E-state index contributed by atoms with van der Waals surface area (Å²) in [7, 11) is 3.15. The quantitative estimate of drug-likeness (QED) is 0.761. The molecule has 4 rings (SSSR count). The predicted molar refractivity (Wildman–Crippen MR) is 102 cm³/mol. The molecule has 0 unspecified atom stereocenters. The molecule has 2 aliphatic rings. The van der Waals surface area contributed by atoms with E-state index < -0.39 is 0 Å². The summed E-state index contributed by atoms with van der Waals surface area (Å²) in [6, 6.07) is 9.01. The summed E-state index contributed by atoms with van der Waals surface area (Å²) in [5.41, 5.74) is 3.07. The van der Waals surface area contributed by atoms with Crippen LogP contribution in [0.3, 0.4) is 0 Å². The molecule has 0 atom stereocenters. The van der Waals surface area contributed by atoms with Gasteiger partial charge in [-0.2, -0.15) is 0 Å². The molecule has 28 heavy (non-hydrogen) atoms. The van der Waals surface area contributed by atoms with Gasteiger partial charge in [0.1, 0.15) is 6.61 Å². The van der Waals surface area contributed by atoms with Crippen molar-refractivity contribution in [2.24, 2.45) is 5.41 Å². The summed E-state index contributed by atoms with van der Waals surface area (Å²) in [6.45, 7) is 2.52. The van der Waals surface area contributed by atoms with Gasteiger partial charge >= 0.3 is 0 Å². The number of ether oxygens (including phenoxy) is 4. The maximum absolute atomic E-state index is 11.8. The highest BCUT2D eigenvalue weighted by molar-refractivity contribution is 5.99. The van der Waals surface area contributed by atoms with Crippen molar-refractivity contribution in [2.45, 2.75) is 6.54 Å². The van der Waals surface area contributed by atoms with Crippen molar-refractivity contribution < 1.29 is 28.8 Å². The fourth-order valence-electron chi connectivity index (χ4n) is 3.65. The van der Waals surface area contributed by atoms with Crippen LogP contribution in [0.5, 0.6) is 17.2 Å². The maximum Gasteiger partial charge on any atom is 0.251 e. The Hall–Kier alpha value is -2.77. The summed E-state index contributed by atoms with van der Waals surface area (Å²) in [5, 5.41) is 13.1. The molecule has 1 saturated heterocycles. The molecule has 0 aliphatic carbocycles. The van der Waals surface area contributed by atoms with Crippen molar-refractivity contribution >= 4 is 5.91 Å². The van der Waals surface area contributed by atoms with Gasteiger partial charge < -0.3 is 29.4 Å². The fourth-order valence-corrected chi connectivity index (χ4v) is 3.65. The third kappa shape index (κ3) is 3.16. The minimum atomic E-state index is -0.212. The van der Waals surface area contributed by atoms with Gasteiger partial charge in [0, 0.05) is 24.8 Å². The molecule has 7 heteroatoms. The summed E-state index contributed by atoms with van der Waals surface area (Å²) >= 11 is 0. The monoisotopic (exact) mass is 385 g/mol. The highest BCUT2D eigenvalue weighted by Crippen LogP contribution is 2.45. The second-order valence-corrected chi connectivity index (χ2v) is 7.26. The lowest BCUT2D eigenvalue weighted by molar-refractivity contribution is -0.159. The van der Waals surface area contributed by atoms with E-state index in [2.05, 4.69) is 5.32 Å². The minimum Gasteiger partial charge on any atom is -0.504 e. The highest BCUT2D eigenvalue weighted by Gasteiger charge is 2.40. The molecule has 1 amide bonds. The Morgan fingerprint density at radius 2 is 1.89 bits per heavy atom. The molecule has 0 radical (unpaired) electrons. The van der Waals surface area contributed by atoms with E-state index in [1.54, 1.807) is 19.2 Å². The van der Waals surface area contributed by atoms with Gasteiger partial charge in [-0.05, 0) is 35.4 Å². The lowest BCUT2D eigenvalue weighted by Crippen LogP contribution is -2.50. The van der Waals surface area contributed by atoms with Gasteiger partial charge in [-0.1, -0.05) is 6.07 Å². The smallest absolute Gasteiger partial charge is 0.251 e. The number of fused-ring (bicyclic) bond motifs is 1. The summed E-state index contributed by atoms with van der Waals surface area (Å²) in [6.07, 6.45) is 0. The Labute approximate surface area is 163 Å². The van der Waals surface area contributed by atoms with Crippen molar-refractivity contribution in [1.29, 1.82) is 0 Å². The number of hydrogen-bond donors (Lipinski definition) is 2. The van der Waals surface area contributed by atoms with E-state index in [-0.39, 0.29) is 22.8 Å². The first-order chi connectivity index (χ1) is 13.6. The van der Waals surface area contributed by atoms with Crippen LogP contribution in [0.1, 0.15) is 15.9 Å². The number of phenols is 1. The minimum absolute atomic E-state index is 0.00454. The molecular formula is C21H23NO6. The van der Waals surface area contributed by atoms with Crippen LogP contribution in [-0.2, 0) is 16.0 Å². The Bertz CT molecular complexity index is 906. The maximum atomic E-state index is 11.8. The van der Waals surface area contributed by atoms with Crippen molar-refractivity contribution in [3.05, 3.63) is 41.5 Å². The van der Waals surface area contributed by atoms with Crippen LogP contribution in [0.2, 0.25) is 0 Å². The summed E-state index contributed by atoms with van der Waals surface area (Å²) in [5.74, 6) is 0.680. The SMILES string of the molecule is COCC1(COc2c(-c3ccc4c(c3)CNC4=O)ccc(O)c2OC)COC1. The van der Waals surface area contributed by atoms with Gasteiger partial charge in [0.25, 0.3) is 5.91 Å². The molecule has 0 spiro atoms. The molecule has 2 aliphatic heterocycles. The van der Waals surface area contributed by atoms with Gasteiger partial charge in [-0.3, -0.25) is 4.79 Å². The molecule has 0 bridgehead atoms. The number of phenolic OH excluding ortho intramolecular Hbond substituents is 1. The first kappa shape index (κ1) is 18.6. The fraction of sp³-hybridized carbons (Fsp3) is 0.381. The van der Waals surface area contributed by atoms with E-state index in [9.17, 15) is 9.90 Å². The van der Waals surface area contributed by atoms with Crippen LogP contribution < -0.4 is 14.8 Å². The molecule has 2 heterocycles. The van der Waals surface area contributed by atoms with Crippen LogP contribution in [0.4, 0.5) is 0 Å². The number of methoxy groups -OCH3 is 2.